The minimum absolute atomic E-state index is 0.108. The maximum absolute atomic E-state index is 13.0. The molecule has 2 aromatic carbocycles. The van der Waals surface area contributed by atoms with Crippen molar-refractivity contribution in [1.82, 2.24) is 10.2 Å². The molecule has 2 aromatic rings. The number of halogens is 2. The van der Waals surface area contributed by atoms with Crippen LogP contribution in [0.25, 0.3) is 0 Å². The van der Waals surface area contributed by atoms with Gasteiger partial charge in [0.05, 0.1) is 5.75 Å². The first-order chi connectivity index (χ1) is 13.9. The fourth-order valence-corrected chi connectivity index (χ4v) is 3.83. The Morgan fingerprint density at radius 1 is 1.10 bits per heavy atom. The van der Waals surface area contributed by atoms with Gasteiger partial charge in [-0.2, -0.15) is 0 Å². The molecule has 0 aliphatic carbocycles. The Kier molecular flexibility index (Phi) is 9.85. The van der Waals surface area contributed by atoms with E-state index in [1.165, 1.54) is 11.8 Å². The maximum atomic E-state index is 13.0. The van der Waals surface area contributed by atoms with Crippen LogP contribution >= 0.6 is 35.0 Å². The second-order valence-electron chi connectivity index (χ2n) is 6.71. The molecule has 1 unspecified atom stereocenters. The smallest absolute Gasteiger partial charge is 0.242 e. The number of carbonyl (C=O) groups is 2. The number of hydrogen-bond acceptors (Lipinski definition) is 3. The van der Waals surface area contributed by atoms with Gasteiger partial charge in [0.15, 0.2) is 0 Å². The van der Waals surface area contributed by atoms with Crippen molar-refractivity contribution in [3.05, 3.63) is 64.1 Å². The molecule has 0 fully saturated rings. The molecule has 2 amide bonds. The number of benzene rings is 2. The first kappa shape index (κ1) is 23.6. The van der Waals surface area contributed by atoms with Crippen LogP contribution in [-0.4, -0.2) is 35.1 Å². The van der Waals surface area contributed by atoms with E-state index in [4.69, 9.17) is 23.2 Å². The van der Waals surface area contributed by atoms with E-state index in [2.05, 4.69) is 12.2 Å². The number of rotatable bonds is 10. The van der Waals surface area contributed by atoms with Crippen LogP contribution in [0, 0.1) is 0 Å². The SMILES string of the molecule is CCCCNC(=O)C(C)N(Cc1cccc(Cl)c1)C(=O)CSc1ccc(Cl)cc1. The van der Waals surface area contributed by atoms with Crippen molar-refractivity contribution < 1.29 is 9.59 Å². The van der Waals surface area contributed by atoms with Gasteiger partial charge in [0, 0.05) is 28.0 Å². The largest absolute Gasteiger partial charge is 0.354 e. The molecule has 0 bridgehead atoms. The highest BCUT2D eigenvalue weighted by Gasteiger charge is 2.26. The zero-order valence-electron chi connectivity index (χ0n) is 16.7. The fraction of sp³-hybridized carbons (Fsp3) is 0.364. The number of amides is 2. The third-order valence-corrected chi connectivity index (χ3v) is 5.90. The Balaban J connectivity index is 2.10. The molecule has 7 heteroatoms. The molecule has 4 nitrogen and oxygen atoms in total. The molecule has 0 saturated carbocycles. The van der Waals surface area contributed by atoms with E-state index in [-0.39, 0.29) is 17.6 Å². The number of nitrogens with zero attached hydrogens (tertiary/aromatic N) is 1. The van der Waals surface area contributed by atoms with Crippen LogP contribution in [0.4, 0.5) is 0 Å². The minimum atomic E-state index is -0.579. The summed E-state index contributed by atoms with van der Waals surface area (Å²) >= 11 is 13.4. The van der Waals surface area contributed by atoms with Crippen molar-refractivity contribution in [3.63, 3.8) is 0 Å². The van der Waals surface area contributed by atoms with Crippen LogP contribution in [0.3, 0.4) is 0 Å². The van der Waals surface area contributed by atoms with Gasteiger partial charge in [0.25, 0.3) is 0 Å². The van der Waals surface area contributed by atoms with Crippen LogP contribution in [-0.2, 0) is 16.1 Å². The molecule has 0 heterocycles. The molecule has 1 atom stereocenters. The van der Waals surface area contributed by atoms with Gasteiger partial charge in [-0.1, -0.05) is 48.7 Å². The van der Waals surface area contributed by atoms with Crippen molar-refractivity contribution in [2.24, 2.45) is 0 Å². The molecular formula is C22H26Cl2N2O2S. The molecule has 0 aliphatic heterocycles. The standard InChI is InChI=1S/C22H26Cl2N2O2S/c1-3-4-12-25-22(28)16(2)26(14-17-6-5-7-19(24)13-17)21(27)15-29-20-10-8-18(23)9-11-20/h5-11,13,16H,3-4,12,14-15H2,1-2H3,(H,25,28). The van der Waals surface area contributed by atoms with Gasteiger partial charge in [-0.05, 0) is 55.3 Å². The summed E-state index contributed by atoms with van der Waals surface area (Å²) in [4.78, 5) is 28.2. The fourth-order valence-electron chi connectivity index (χ4n) is 2.71. The lowest BCUT2D eigenvalue weighted by molar-refractivity contribution is -0.138. The van der Waals surface area contributed by atoms with E-state index in [0.29, 0.717) is 23.1 Å². The van der Waals surface area contributed by atoms with Crippen LogP contribution in [0.15, 0.2) is 53.4 Å². The van der Waals surface area contributed by atoms with Gasteiger partial charge in [-0.15, -0.1) is 11.8 Å². The Bertz CT molecular complexity index is 815. The van der Waals surface area contributed by atoms with Crippen molar-refractivity contribution in [2.45, 2.75) is 44.2 Å². The Hall–Kier alpha value is -1.69. The monoisotopic (exact) mass is 452 g/mol. The summed E-state index contributed by atoms with van der Waals surface area (Å²) in [5, 5.41) is 4.17. The van der Waals surface area contributed by atoms with Crippen molar-refractivity contribution in [1.29, 1.82) is 0 Å². The average Bonchev–Trinajstić information content (AvgIpc) is 2.71. The van der Waals surface area contributed by atoms with Crippen molar-refractivity contribution in [3.8, 4) is 0 Å². The second-order valence-corrected chi connectivity index (χ2v) is 8.64. The van der Waals surface area contributed by atoms with Gasteiger partial charge in [0.2, 0.25) is 11.8 Å². The number of unbranched alkanes of at least 4 members (excludes halogenated alkanes) is 1. The molecular weight excluding hydrogens is 427 g/mol. The van der Waals surface area contributed by atoms with Crippen molar-refractivity contribution in [2.75, 3.05) is 12.3 Å². The normalized spacial score (nSPS) is 11.7. The lowest BCUT2D eigenvalue weighted by atomic mass is 10.1. The molecule has 156 valence electrons. The Labute approximate surface area is 187 Å². The minimum Gasteiger partial charge on any atom is -0.354 e. The van der Waals surface area contributed by atoms with Crippen LogP contribution in [0.5, 0.6) is 0 Å². The zero-order chi connectivity index (χ0) is 21.2. The van der Waals surface area contributed by atoms with E-state index in [1.807, 2.05) is 30.3 Å². The van der Waals surface area contributed by atoms with E-state index in [1.54, 1.807) is 30.0 Å². The number of carbonyl (C=O) groups excluding carboxylic acids is 2. The molecule has 0 saturated heterocycles. The summed E-state index contributed by atoms with van der Waals surface area (Å²) in [7, 11) is 0. The van der Waals surface area contributed by atoms with E-state index in [0.717, 1.165) is 23.3 Å². The van der Waals surface area contributed by atoms with Gasteiger partial charge in [0.1, 0.15) is 6.04 Å². The summed E-state index contributed by atoms with van der Waals surface area (Å²) in [6.07, 6.45) is 1.91. The quantitative estimate of drug-likeness (QED) is 0.386. The van der Waals surface area contributed by atoms with E-state index in [9.17, 15) is 9.59 Å². The molecule has 2 rings (SSSR count). The van der Waals surface area contributed by atoms with Gasteiger partial charge in [-0.3, -0.25) is 9.59 Å². The lowest BCUT2D eigenvalue weighted by Gasteiger charge is -2.29. The molecule has 29 heavy (non-hydrogen) atoms. The third-order valence-electron chi connectivity index (χ3n) is 4.41. The third kappa shape index (κ3) is 7.92. The van der Waals surface area contributed by atoms with Crippen molar-refractivity contribution >= 4 is 46.8 Å². The highest BCUT2D eigenvalue weighted by molar-refractivity contribution is 8.00. The van der Waals surface area contributed by atoms with Crippen LogP contribution in [0.2, 0.25) is 10.0 Å². The van der Waals surface area contributed by atoms with Crippen LogP contribution < -0.4 is 5.32 Å². The van der Waals surface area contributed by atoms with Gasteiger partial charge >= 0.3 is 0 Å². The summed E-state index contributed by atoms with van der Waals surface area (Å²) < 4.78 is 0. The predicted octanol–water partition coefficient (Wildman–Crippen LogP) is 5.42. The van der Waals surface area contributed by atoms with Gasteiger partial charge in [-0.25, -0.2) is 0 Å². The second kappa shape index (κ2) is 12.1. The predicted molar refractivity (Wildman–Crippen MR) is 122 cm³/mol. The number of thioether (sulfide) groups is 1. The van der Waals surface area contributed by atoms with Crippen LogP contribution in [0.1, 0.15) is 32.3 Å². The summed E-state index contributed by atoms with van der Waals surface area (Å²) in [5.41, 5.74) is 0.885. The van der Waals surface area contributed by atoms with E-state index < -0.39 is 6.04 Å². The summed E-state index contributed by atoms with van der Waals surface area (Å²) in [6, 6.07) is 14.1. The van der Waals surface area contributed by atoms with Gasteiger partial charge < -0.3 is 10.2 Å². The highest BCUT2D eigenvalue weighted by atomic mass is 35.5. The highest BCUT2D eigenvalue weighted by Crippen LogP contribution is 2.22. The Morgan fingerprint density at radius 2 is 1.83 bits per heavy atom. The zero-order valence-corrected chi connectivity index (χ0v) is 19.0. The molecule has 0 aliphatic rings. The summed E-state index contributed by atoms with van der Waals surface area (Å²) in [5.74, 6) is -0.0252. The number of nitrogens with one attached hydrogen (secondary N) is 1. The Morgan fingerprint density at radius 3 is 2.48 bits per heavy atom. The first-order valence-corrected chi connectivity index (χ1v) is 11.3. The molecule has 1 N–H and O–H groups in total. The average molecular weight is 453 g/mol. The lowest BCUT2D eigenvalue weighted by Crippen LogP contribution is -2.48. The first-order valence-electron chi connectivity index (χ1n) is 9.60. The number of hydrogen-bond donors (Lipinski definition) is 1. The topological polar surface area (TPSA) is 49.4 Å². The molecule has 0 radical (unpaired) electrons. The molecule has 0 spiro atoms. The molecule has 0 aromatic heterocycles. The summed E-state index contributed by atoms with van der Waals surface area (Å²) in [6.45, 7) is 4.76. The maximum Gasteiger partial charge on any atom is 0.242 e. The van der Waals surface area contributed by atoms with E-state index >= 15 is 0 Å².